The van der Waals surface area contributed by atoms with Crippen LogP contribution in [0.3, 0.4) is 0 Å². The second-order valence-corrected chi connectivity index (χ2v) is 4.48. The Balaban J connectivity index is 2.81. The van der Waals surface area contributed by atoms with Gasteiger partial charge in [-0.25, -0.2) is 0 Å². The Bertz CT molecular complexity index is 342. The normalized spacial score (nSPS) is 12.6. The van der Waals surface area contributed by atoms with Crippen molar-refractivity contribution in [3.63, 3.8) is 0 Å². The molecule has 4 heteroatoms. The first kappa shape index (κ1) is 13.3. The molecule has 0 heterocycles. The molecule has 0 aliphatic carbocycles. The van der Waals surface area contributed by atoms with Crippen LogP contribution in [-0.4, -0.2) is 25.8 Å². The van der Waals surface area contributed by atoms with Crippen LogP contribution in [0, 0.1) is 0 Å². The number of hydrogen-bond donors (Lipinski definition) is 2. The fraction of sp³-hybridized carbons (Fsp3) is 0.500. The molecule has 1 rings (SSSR count). The van der Waals surface area contributed by atoms with Crippen molar-refractivity contribution >= 4 is 17.3 Å². The zero-order chi connectivity index (χ0) is 12.1. The van der Waals surface area contributed by atoms with Gasteiger partial charge in [0, 0.05) is 37.5 Å². The van der Waals surface area contributed by atoms with Gasteiger partial charge in [0.1, 0.15) is 0 Å². The first-order valence-electron chi connectivity index (χ1n) is 5.39. The van der Waals surface area contributed by atoms with Gasteiger partial charge in [0.15, 0.2) is 0 Å². The largest absolute Gasteiger partial charge is 0.396 e. The Kier molecular flexibility index (Phi) is 5.06. The van der Waals surface area contributed by atoms with Crippen molar-refractivity contribution in [1.29, 1.82) is 0 Å². The van der Waals surface area contributed by atoms with E-state index in [-0.39, 0.29) is 12.6 Å². The lowest BCUT2D eigenvalue weighted by Crippen LogP contribution is -2.13. The lowest BCUT2D eigenvalue weighted by atomic mass is 10.0. The molecule has 90 valence electrons. The Morgan fingerprint density at radius 1 is 1.44 bits per heavy atom. The predicted molar refractivity (Wildman–Crippen MR) is 69.0 cm³/mol. The van der Waals surface area contributed by atoms with E-state index in [1.54, 1.807) is 0 Å². The zero-order valence-corrected chi connectivity index (χ0v) is 10.5. The molecule has 0 aliphatic rings. The van der Waals surface area contributed by atoms with Crippen LogP contribution in [0.4, 0.5) is 5.69 Å². The Morgan fingerprint density at radius 3 is 2.62 bits per heavy atom. The van der Waals surface area contributed by atoms with E-state index in [2.05, 4.69) is 0 Å². The monoisotopic (exact) mass is 242 g/mol. The molecular weight excluding hydrogens is 224 g/mol. The van der Waals surface area contributed by atoms with Gasteiger partial charge in [-0.05, 0) is 30.5 Å². The fourth-order valence-corrected chi connectivity index (χ4v) is 1.88. The van der Waals surface area contributed by atoms with Crippen LogP contribution >= 0.6 is 11.6 Å². The van der Waals surface area contributed by atoms with Gasteiger partial charge < -0.3 is 15.7 Å². The molecular formula is C12H19ClN2O. The summed E-state index contributed by atoms with van der Waals surface area (Å²) in [5.74, 6) is 0. The Morgan fingerprint density at radius 2 is 2.12 bits per heavy atom. The number of aliphatic hydroxyl groups is 1. The molecule has 0 bridgehead atoms. The number of nitrogens with two attached hydrogens (primary N) is 1. The minimum Gasteiger partial charge on any atom is -0.396 e. The van der Waals surface area contributed by atoms with E-state index in [9.17, 15) is 0 Å². The molecule has 0 saturated heterocycles. The number of aliphatic hydroxyl groups excluding tert-OH is 1. The lowest BCUT2D eigenvalue weighted by Gasteiger charge is -2.17. The maximum atomic E-state index is 8.75. The minimum atomic E-state index is -0.101. The van der Waals surface area contributed by atoms with E-state index in [0.29, 0.717) is 11.4 Å². The molecule has 0 aliphatic heterocycles. The number of benzene rings is 1. The van der Waals surface area contributed by atoms with Gasteiger partial charge in [-0.1, -0.05) is 17.7 Å². The average Bonchev–Trinajstić information content (AvgIpc) is 2.25. The van der Waals surface area contributed by atoms with Gasteiger partial charge in [0.2, 0.25) is 0 Å². The molecule has 1 aromatic rings. The summed E-state index contributed by atoms with van der Waals surface area (Å²) in [6, 6.07) is 5.77. The van der Waals surface area contributed by atoms with Crippen molar-refractivity contribution in [3.8, 4) is 0 Å². The van der Waals surface area contributed by atoms with Crippen LogP contribution in [0.5, 0.6) is 0 Å². The maximum absolute atomic E-state index is 8.75. The highest BCUT2D eigenvalue weighted by molar-refractivity contribution is 6.31. The molecule has 0 fully saturated rings. The fourth-order valence-electron chi connectivity index (χ4n) is 1.56. The third-order valence-corrected chi connectivity index (χ3v) is 2.90. The molecule has 1 atom stereocenters. The molecule has 0 amide bonds. The van der Waals surface area contributed by atoms with E-state index < -0.39 is 0 Å². The van der Waals surface area contributed by atoms with Crippen molar-refractivity contribution in [3.05, 3.63) is 28.8 Å². The summed E-state index contributed by atoms with van der Waals surface area (Å²) in [6.45, 7) is 0.168. The summed E-state index contributed by atoms with van der Waals surface area (Å²) in [7, 11) is 3.94. The number of nitrogens with zero attached hydrogens (tertiary/aromatic N) is 1. The van der Waals surface area contributed by atoms with Crippen molar-refractivity contribution in [2.24, 2.45) is 5.73 Å². The quantitative estimate of drug-likeness (QED) is 0.832. The summed E-state index contributed by atoms with van der Waals surface area (Å²) in [4.78, 5) is 1.99. The van der Waals surface area contributed by atoms with E-state index in [0.717, 1.165) is 17.7 Å². The zero-order valence-electron chi connectivity index (χ0n) is 9.78. The Hall–Kier alpha value is -0.770. The smallest absolute Gasteiger partial charge is 0.0474 e. The topological polar surface area (TPSA) is 49.5 Å². The predicted octanol–water partition coefficient (Wildman–Crippen LogP) is 2.18. The SMILES string of the molecule is CN(C)c1ccc([C@H](N)CCCO)c(Cl)c1. The summed E-state index contributed by atoms with van der Waals surface area (Å²) < 4.78 is 0. The van der Waals surface area contributed by atoms with E-state index in [1.165, 1.54) is 0 Å². The molecule has 0 aromatic heterocycles. The molecule has 1 aromatic carbocycles. The van der Waals surface area contributed by atoms with Gasteiger partial charge >= 0.3 is 0 Å². The van der Waals surface area contributed by atoms with Gasteiger partial charge in [0.25, 0.3) is 0 Å². The van der Waals surface area contributed by atoms with Crippen molar-refractivity contribution in [1.82, 2.24) is 0 Å². The van der Waals surface area contributed by atoms with Crippen LogP contribution in [-0.2, 0) is 0 Å². The molecule has 16 heavy (non-hydrogen) atoms. The third-order valence-electron chi connectivity index (χ3n) is 2.57. The summed E-state index contributed by atoms with van der Waals surface area (Å²) in [5.41, 5.74) is 8.00. The number of hydrogen-bond acceptors (Lipinski definition) is 3. The standard InChI is InChI=1S/C12H19ClN2O/c1-15(2)9-5-6-10(11(13)8-9)12(14)4-3-7-16/h5-6,8,12,16H,3-4,7,14H2,1-2H3/t12-/m1/s1. The highest BCUT2D eigenvalue weighted by Gasteiger charge is 2.10. The molecule has 3 N–H and O–H groups in total. The van der Waals surface area contributed by atoms with E-state index in [4.69, 9.17) is 22.4 Å². The van der Waals surface area contributed by atoms with Crippen LogP contribution in [0.15, 0.2) is 18.2 Å². The first-order valence-corrected chi connectivity index (χ1v) is 5.77. The van der Waals surface area contributed by atoms with Crippen LogP contribution in [0.25, 0.3) is 0 Å². The molecule has 0 unspecified atom stereocenters. The van der Waals surface area contributed by atoms with Crippen molar-refractivity contribution in [2.75, 3.05) is 25.6 Å². The van der Waals surface area contributed by atoms with Crippen molar-refractivity contribution < 1.29 is 5.11 Å². The van der Waals surface area contributed by atoms with Crippen LogP contribution in [0.1, 0.15) is 24.4 Å². The van der Waals surface area contributed by atoms with Crippen LogP contribution in [0.2, 0.25) is 5.02 Å². The number of anilines is 1. The molecule has 0 spiro atoms. The van der Waals surface area contributed by atoms with E-state index in [1.807, 2.05) is 37.2 Å². The highest BCUT2D eigenvalue weighted by Crippen LogP contribution is 2.28. The number of halogens is 1. The molecule has 0 radical (unpaired) electrons. The second-order valence-electron chi connectivity index (χ2n) is 4.07. The van der Waals surface area contributed by atoms with Crippen molar-refractivity contribution in [2.45, 2.75) is 18.9 Å². The summed E-state index contributed by atoms with van der Waals surface area (Å²) in [6.07, 6.45) is 1.45. The van der Waals surface area contributed by atoms with Gasteiger partial charge in [0.05, 0.1) is 0 Å². The van der Waals surface area contributed by atoms with E-state index >= 15 is 0 Å². The third kappa shape index (κ3) is 3.37. The Labute approximate surface area is 102 Å². The second kappa shape index (κ2) is 6.09. The molecule has 3 nitrogen and oxygen atoms in total. The first-order chi connectivity index (χ1) is 7.56. The van der Waals surface area contributed by atoms with Gasteiger partial charge in [-0.3, -0.25) is 0 Å². The minimum absolute atomic E-state index is 0.101. The maximum Gasteiger partial charge on any atom is 0.0474 e. The van der Waals surface area contributed by atoms with Gasteiger partial charge in [-0.15, -0.1) is 0 Å². The summed E-state index contributed by atoms with van der Waals surface area (Å²) >= 11 is 6.18. The average molecular weight is 243 g/mol. The highest BCUT2D eigenvalue weighted by atomic mass is 35.5. The summed E-state index contributed by atoms with van der Waals surface area (Å²) in [5, 5.41) is 9.44. The van der Waals surface area contributed by atoms with Gasteiger partial charge in [-0.2, -0.15) is 0 Å². The lowest BCUT2D eigenvalue weighted by molar-refractivity contribution is 0.280. The van der Waals surface area contributed by atoms with Crippen LogP contribution < -0.4 is 10.6 Å². The molecule has 0 saturated carbocycles. The number of rotatable bonds is 5.